The standard InChI is InChI=1S/C27H24F3N3O3S/c1-36-22-12-10-18(11-13-22)14-15-33-24(34)17-23(25(35)31-20-7-3-2-4-8-20)37-26(33)32-21-9-5-6-19(16-21)27(28,29)30/h2-13,16,23H,14-15,17H2,1H3,(H,31,35). The molecule has 37 heavy (non-hydrogen) atoms. The van der Waals surface area contributed by atoms with Crippen LogP contribution in [0.25, 0.3) is 0 Å². The predicted molar refractivity (Wildman–Crippen MR) is 138 cm³/mol. The molecule has 3 aromatic carbocycles. The highest BCUT2D eigenvalue weighted by atomic mass is 32.2. The van der Waals surface area contributed by atoms with E-state index in [0.717, 1.165) is 29.5 Å². The molecule has 192 valence electrons. The largest absolute Gasteiger partial charge is 0.497 e. The second-order valence-corrected chi connectivity index (χ2v) is 9.42. The number of carbonyl (C=O) groups excluding carboxylic acids is 2. The van der Waals surface area contributed by atoms with Crippen molar-refractivity contribution in [3.05, 3.63) is 90.0 Å². The quantitative estimate of drug-likeness (QED) is 0.414. The van der Waals surface area contributed by atoms with Crippen molar-refractivity contribution >= 4 is 40.1 Å². The van der Waals surface area contributed by atoms with Crippen LogP contribution in [0.4, 0.5) is 24.5 Å². The number of carbonyl (C=O) groups is 2. The fourth-order valence-electron chi connectivity index (χ4n) is 3.70. The summed E-state index contributed by atoms with van der Waals surface area (Å²) in [5.74, 6) is -0.00489. The Hall–Kier alpha value is -3.79. The molecule has 0 radical (unpaired) electrons. The number of alkyl halides is 3. The highest BCUT2D eigenvalue weighted by Gasteiger charge is 2.36. The lowest BCUT2D eigenvalue weighted by Crippen LogP contribution is -2.46. The molecule has 1 aliphatic heterocycles. The molecule has 0 aromatic heterocycles. The van der Waals surface area contributed by atoms with Crippen molar-refractivity contribution in [2.75, 3.05) is 19.0 Å². The Morgan fingerprint density at radius 1 is 1.08 bits per heavy atom. The summed E-state index contributed by atoms with van der Waals surface area (Å²) < 4.78 is 44.9. The molecule has 1 heterocycles. The summed E-state index contributed by atoms with van der Waals surface area (Å²) in [6.07, 6.45) is -4.11. The average Bonchev–Trinajstić information content (AvgIpc) is 2.88. The minimum absolute atomic E-state index is 0.0451. The van der Waals surface area contributed by atoms with Crippen molar-refractivity contribution < 1.29 is 27.5 Å². The van der Waals surface area contributed by atoms with Gasteiger partial charge in [0.2, 0.25) is 11.8 Å². The molecule has 10 heteroatoms. The molecule has 0 bridgehead atoms. The third kappa shape index (κ3) is 6.91. The minimum Gasteiger partial charge on any atom is -0.497 e. The van der Waals surface area contributed by atoms with Crippen LogP contribution in [0.3, 0.4) is 0 Å². The number of thioether (sulfide) groups is 1. The van der Waals surface area contributed by atoms with E-state index in [-0.39, 0.29) is 35.6 Å². The van der Waals surface area contributed by atoms with E-state index in [2.05, 4.69) is 10.3 Å². The van der Waals surface area contributed by atoms with E-state index in [1.807, 2.05) is 30.3 Å². The fourth-order valence-corrected chi connectivity index (χ4v) is 4.83. The fraction of sp³-hybridized carbons (Fsp3) is 0.222. The van der Waals surface area contributed by atoms with Crippen LogP contribution in [0.15, 0.2) is 83.9 Å². The first-order valence-corrected chi connectivity index (χ1v) is 12.3. The first-order chi connectivity index (χ1) is 17.7. The van der Waals surface area contributed by atoms with E-state index in [4.69, 9.17) is 4.74 Å². The van der Waals surface area contributed by atoms with E-state index >= 15 is 0 Å². The van der Waals surface area contributed by atoms with Crippen molar-refractivity contribution in [3.63, 3.8) is 0 Å². The van der Waals surface area contributed by atoms with Gasteiger partial charge in [-0.3, -0.25) is 14.5 Å². The van der Waals surface area contributed by atoms with Crippen molar-refractivity contribution in [1.29, 1.82) is 0 Å². The summed E-state index contributed by atoms with van der Waals surface area (Å²) in [6, 6.07) is 20.8. The first kappa shape index (κ1) is 26.3. The maximum absolute atomic E-state index is 13.2. The molecule has 3 aromatic rings. The van der Waals surface area contributed by atoms with E-state index in [1.165, 1.54) is 17.0 Å². The number of hydrogen-bond acceptors (Lipinski definition) is 5. The van der Waals surface area contributed by atoms with Gasteiger partial charge >= 0.3 is 6.18 Å². The lowest BCUT2D eigenvalue weighted by Gasteiger charge is -2.32. The Morgan fingerprint density at radius 3 is 2.49 bits per heavy atom. The number of aliphatic imine (C=N–C) groups is 1. The number of hydrogen-bond donors (Lipinski definition) is 1. The monoisotopic (exact) mass is 527 g/mol. The molecule has 2 amide bonds. The Balaban J connectivity index is 1.59. The van der Waals surface area contributed by atoms with Crippen LogP contribution in [0, 0.1) is 0 Å². The number of halogens is 3. The molecule has 1 aliphatic rings. The lowest BCUT2D eigenvalue weighted by molar-refractivity contribution is -0.137. The van der Waals surface area contributed by atoms with E-state index in [1.54, 1.807) is 31.4 Å². The third-order valence-corrected chi connectivity index (χ3v) is 6.84. The van der Waals surface area contributed by atoms with E-state index in [0.29, 0.717) is 17.9 Å². The van der Waals surface area contributed by atoms with Gasteiger partial charge in [-0.05, 0) is 54.4 Å². The highest BCUT2D eigenvalue weighted by Crippen LogP contribution is 2.34. The molecular formula is C27H24F3N3O3S. The van der Waals surface area contributed by atoms with Crippen molar-refractivity contribution in [1.82, 2.24) is 4.90 Å². The molecule has 1 fully saturated rings. The van der Waals surface area contributed by atoms with Crippen LogP contribution in [0.1, 0.15) is 17.5 Å². The van der Waals surface area contributed by atoms with Crippen molar-refractivity contribution in [2.24, 2.45) is 4.99 Å². The maximum Gasteiger partial charge on any atom is 0.416 e. The van der Waals surface area contributed by atoms with Gasteiger partial charge in [-0.15, -0.1) is 0 Å². The number of ether oxygens (including phenoxy) is 1. The van der Waals surface area contributed by atoms with Crippen molar-refractivity contribution in [3.8, 4) is 5.75 Å². The third-order valence-electron chi connectivity index (χ3n) is 5.65. The Bertz CT molecular complexity index is 1280. The zero-order valence-corrected chi connectivity index (χ0v) is 20.7. The van der Waals surface area contributed by atoms with Gasteiger partial charge in [-0.2, -0.15) is 13.2 Å². The number of amides is 2. The van der Waals surface area contributed by atoms with Crippen LogP contribution in [-0.4, -0.2) is 40.8 Å². The normalized spacial score (nSPS) is 17.1. The van der Waals surface area contributed by atoms with Gasteiger partial charge in [0.15, 0.2) is 5.17 Å². The molecular weight excluding hydrogens is 503 g/mol. The highest BCUT2D eigenvalue weighted by molar-refractivity contribution is 8.15. The molecule has 1 atom stereocenters. The summed E-state index contributed by atoms with van der Waals surface area (Å²) in [5.41, 5.74) is 0.730. The molecule has 4 rings (SSSR count). The van der Waals surface area contributed by atoms with Gasteiger partial charge in [-0.1, -0.05) is 48.2 Å². The number of amidine groups is 1. The van der Waals surface area contributed by atoms with Crippen LogP contribution in [-0.2, 0) is 22.2 Å². The molecule has 6 nitrogen and oxygen atoms in total. The van der Waals surface area contributed by atoms with Gasteiger partial charge in [0.25, 0.3) is 0 Å². The zero-order chi connectivity index (χ0) is 26.4. The second-order valence-electron chi connectivity index (χ2n) is 8.25. The van der Waals surface area contributed by atoms with Crippen LogP contribution in [0.5, 0.6) is 5.75 Å². The number of para-hydroxylation sites is 1. The van der Waals surface area contributed by atoms with E-state index < -0.39 is 17.0 Å². The molecule has 1 N–H and O–H groups in total. The predicted octanol–water partition coefficient (Wildman–Crippen LogP) is 5.92. The zero-order valence-electron chi connectivity index (χ0n) is 19.9. The number of benzene rings is 3. The molecule has 0 spiro atoms. The summed E-state index contributed by atoms with van der Waals surface area (Å²) >= 11 is 1.06. The lowest BCUT2D eigenvalue weighted by atomic mass is 10.1. The number of nitrogens with one attached hydrogen (secondary N) is 1. The van der Waals surface area contributed by atoms with Gasteiger partial charge in [-0.25, -0.2) is 4.99 Å². The summed E-state index contributed by atoms with van der Waals surface area (Å²) in [7, 11) is 1.57. The average molecular weight is 528 g/mol. The first-order valence-electron chi connectivity index (χ1n) is 11.4. The summed E-state index contributed by atoms with van der Waals surface area (Å²) in [5, 5.41) is 2.18. The van der Waals surface area contributed by atoms with Gasteiger partial charge in [0, 0.05) is 18.7 Å². The Labute approximate surface area is 216 Å². The number of anilines is 1. The molecule has 1 unspecified atom stereocenters. The van der Waals surface area contributed by atoms with Gasteiger partial charge < -0.3 is 10.1 Å². The number of rotatable bonds is 7. The van der Waals surface area contributed by atoms with Crippen LogP contribution >= 0.6 is 11.8 Å². The maximum atomic E-state index is 13.2. The topological polar surface area (TPSA) is 71.0 Å². The van der Waals surface area contributed by atoms with Crippen LogP contribution in [0.2, 0.25) is 0 Å². The Morgan fingerprint density at radius 2 is 1.81 bits per heavy atom. The second kappa shape index (κ2) is 11.5. The van der Waals surface area contributed by atoms with Crippen LogP contribution < -0.4 is 10.1 Å². The van der Waals surface area contributed by atoms with E-state index in [9.17, 15) is 22.8 Å². The summed E-state index contributed by atoms with van der Waals surface area (Å²) in [6.45, 7) is 0.253. The number of methoxy groups -OCH3 is 1. The molecule has 0 aliphatic carbocycles. The van der Waals surface area contributed by atoms with Gasteiger partial charge in [0.05, 0.1) is 18.4 Å². The smallest absolute Gasteiger partial charge is 0.416 e. The van der Waals surface area contributed by atoms with Gasteiger partial charge in [0.1, 0.15) is 11.0 Å². The Kier molecular flexibility index (Phi) is 8.17. The minimum atomic E-state index is -4.53. The summed E-state index contributed by atoms with van der Waals surface area (Å²) in [4.78, 5) is 31.9. The van der Waals surface area contributed by atoms with Crippen molar-refractivity contribution in [2.45, 2.75) is 24.3 Å². The SMILES string of the molecule is COc1ccc(CCN2C(=O)CC(C(=O)Nc3ccccc3)SC2=Nc2cccc(C(F)(F)F)c2)cc1. The molecule has 1 saturated heterocycles. The number of nitrogens with zero attached hydrogens (tertiary/aromatic N) is 2. The molecule has 0 saturated carbocycles.